The second-order valence-corrected chi connectivity index (χ2v) is 8.21. The molecule has 2 rings (SSSR count). The molecule has 1 heterocycles. The number of hydrogen-bond donors (Lipinski definition) is 1. The van der Waals surface area contributed by atoms with Gasteiger partial charge in [-0.1, -0.05) is 32.8 Å². The van der Waals surface area contributed by atoms with Crippen LogP contribution in [0, 0.1) is 23.2 Å². The number of benzene rings is 1. The molecule has 0 radical (unpaired) electrons. The molecule has 196 valence electrons. The first-order chi connectivity index (χ1) is 17.1. The third kappa shape index (κ3) is 9.31. The van der Waals surface area contributed by atoms with Gasteiger partial charge >= 0.3 is 35.5 Å². The quantitative estimate of drug-likeness (QED) is 0.111. The number of amides is 2. The van der Waals surface area contributed by atoms with Gasteiger partial charge in [0.05, 0.1) is 11.6 Å². The zero-order valence-corrected chi connectivity index (χ0v) is 24.9. The van der Waals surface area contributed by atoms with E-state index in [-0.39, 0.29) is 41.9 Å². The summed E-state index contributed by atoms with van der Waals surface area (Å²) in [4.78, 5) is 42.6. The molecule has 0 spiro atoms. The van der Waals surface area contributed by atoms with Crippen LogP contribution in [0.25, 0.3) is 0 Å². The van der Waals surface area contributed by atoms with Crippen LogP contribution >= 0.6 is 0 Å². The number of aliphatic imine (C=N–C) groups is 1. The monoisotopic (exact) mass is 520 g/mol. The number of hydrogen-bond acceptors (Lipinski definition) is 7. The van der Waals surface area contributed by atoms with Crippen LogP contribution in [0.4, 0.5) is 5.69 Å². The van der Waals surface area contributed by atoms with Gasteiger partial charge in [-0.2, -0.15) is 0 Å². The van der Waals surface area contributed by atoms with E-state index in [2.05, 4.69) is 42.2 Å². The van der Waals surface area contributed by atoms with E-state index in [9.17, 15) is 19.5 Å². The molecule has 2 atom stereocenters. The Morgan fingerprint density at radius 3 is 2.38 bits per heavy atom. The van der Waals surface area contributed by atoms with Crippen LogP contribution in [-0.4, -0.2) is 66.9 Å². The predicted octanol–water partition coefficient (Wildman–Crippen LogP) is -0.915. The maximum atomic E-state index is 12.4. The maximum Gasteiger partial charge on any atom is 1.00 e. The Labute approximate surface area is 242 Å². The molecule has 10 heteroatoms. The standard InChI is InChI=1S/C14H18N2O3.C13H20N2O2.Na/c1-5-7-8-10(3)14(9-6-2)11(17)15-13(19)16(4)12(14)18;1-3-15(4-2)9-10-17-13(16)11-5-7-12(14)8-6-11;/h6,10H,2,5,9H2,1,3-4H3,(H,15,17,19);5-8H,3-4,9-10,14H2,1-2H3;/q;;+1/p-1. The summed E-state index contributed by atoms with van der Waals surface area (Å²) in [5.41, 5.74) is 5.30. The van der Waals surface area contributed by atoms with Crippen molar-refractivity contribution in [2.24, 2.45) is 16.3 Å². The molecular weight excluding hydrogens is 483 g/mol. The third-order valence-corrected chi connectivity index (χ3v) is 5.93. The average Bonchev–Trinajstić information content (AvgIpc) is 2.87. The summed E-state index contributed by atoms with van der Waals surface area (Å²) < 4.78 is 5.18. The molecule has 1 aliphatic rings. The molecule has 0 aromatic heterocycles. The first kappa shape index (κ1) is 34.4. The van der Waals surface area contributed by atoms with Gasteiger partial charge < -0.3 is 25.4 Å². The van der Waals surface area contributed by atoms with Gasteiger partial charge in [0.15, 0.2) is 0 Å². The van der Waals surface area contributed by atoms with Crippen molar-refractivity contribution in [1.29, 1.82) is 0 Å². The molecule has 0 aliphatic carbocycles. The zero-order valence-electron chi connectivity index (χ0n) is 22.9. The number of allylic oxidation sites excluding steroid dienone is 1. The van der Waals surface area contributed by atoms with Gasteiger partial charge in [-0.25, -0.2) is 9.79 Å². The zero-order chi connectivity index (χ0) is 27.3. The van der Waals surface area contributed by atoms with Crippen LogP contribution in [-0.2, 0) is 14.3 Å². The van der Waals surface area contributed by atoms with Gasteiger partial charge in [-0.3, -0.25) is 9.59 Å². The molecule has 2 amide bonds. The number of carbonyl (C=O) groups excluding carboxylic acids is 3. The Bertz CT molecular complexity index is 1010. The van der Waals surface area contributed by atoms with Crippen molar-refractivity contribution in [1.82, 2.24) is 9.80 Å². The van der Waals surface area contributed by atoms with E-state index in [0.29, 0.717) is 24.3 Å². The summed E-state index contributed by atoms with van der Waals surface area (Å²) in [7, 11) is 1.32. The van der Waals surface area contributed by atoms with Gasteiger partial charge in [-0.05, 0) is 50.7 Å². The van der Waals surface area contributed by atoms with Crippen molar-refractivity contribution >= 4 is 29.5 Å². The number of esters is 1. The summed E-state index contributed by atoms with van der Waals surface area (Å²) in [6.07, 6.45) is 2.23. The van der Waals surface area contributed by atoms with Crippen molar-refractivity contribution in [2.45, 2.75) is 40.5 Å². The number of nitrogen functional groups attached to an aromatic ring is 1. The van der Waals surface area contributed by atoms with Crippen molar-refractivity contribution in [2.75, 3.05) is 39.0 Å². The Morgan fingerprint density at radius 2 is 1.86 bits per heavy atom. The van der Waals surface area contributed by atoms with Crippen molar-refractivity contribution in [3.05, 3.63) is 42.5 Å². The summed E-state index contributed by atoms with van der Waals surface area (Å²) in [6.45, 7) is 14.5. The maximum absolute atomic E-state index is 12.4. The van der Waals surface area contributed by atoms with Gasteiger partial charge in [0.2, 0.25) is 5.91 Å². The van der Waals surface area contributed by atoms with E-state index in [1.165, 1.54) is 13.1 Å². The van der Waals surface area contributed by atoms with E-state index in [1.54, 1.807) is 31.2 Å². The van der Waals surface area contributed by atoms with E-state index >= 15 is 0 Å². The summed E-state index contributed by atoms with van der Waals surface area (Å²) in [6, 6.07) is 5.91. The van der Waals surface area contributed by atoms with E-state index < -0.39 is 29.2 Å². The first-order valence-electron chi connectivity index (χ1n) is 12.0. The fourth-order valence-electron chi connectivity index (χ4n) is 3.58. The fraction of sp³-hybridized carbons (Fsp3) is 0.481. The molecule has 2 unspecified atom stereocenters. The number of carbonyl (C=O) groups is 3. The topological polar surface area (TPSA) is 128 Å². The second kappa shape index (κ2) is 17.0. The van der Waals surface area contributed by atoms with Gasteiger partial charge in [0, 0.05) is 31.6 Å². The van der Waals surface area contributed by atoms with Crippen LogP contribution in [0.3, 0.4) is 0 Å². The number of ether oxygens (including phenoxy) is 1. The van der Waals surface area contributed by atoms with Gasteiger partial charge in [0.25, 0.3) is 5.91 Å². The predicted molar refractivity (Wildman–Crippen MR) is 139 cm³/mol. The fourth-order valence-corrected chi connectivity index (χ4v) is 3.58. The Kier molecular flexibility index (Phi) is 15.8. The molecule has 0 saturated heterocycles. The molecule has 0 fully saturated rings. The van der Waals surface area contributed by atoms with Crippen LogP contribution in [0.1, 0.15) is 50.9 Å². The molecular formula is C27H37N4NaO5. The molecule has 2 N–H and O–H groups in total. The second-order valence-electron chi connectivity index (χ2n) is 8.21. The molecule has 0 bridgehead atoms. The molecule has 1 aliphatic heterocycles. The number of amidine groups is 1. The summed E-state index contributed by atoms with van der Waals surface area (Å²) in [5.74, 6) is 3.65. The normalized spacial score (nSPS) is 17.4. The molecule has 9 nitrogen and oxygen atoms in total. The van der Waals surface area contributed by atoms with Crippen LogP contribution < -0.4 is 40.4 Å². The van der Waals surface area contributed by atoms with Crippen LogP contribution in [0.2, 0.25) is 0 Å². The molecule has 1 aromatic rings. The number of nitrogens with zero attached hydrogens (tertiary/aromatic N) is 3. The van der Waals surface area contributed by atoms with Crippen LogP contribution in [0.15, 0.2) is 41.9 Å². The Balaban J connectivity index is 0.000000686. The third-order valence-electron chi connectivity index (χ3n) is 5.93. The van der Waals surface area contributed by atoms with E-state index in [0.717, 1.165) is 24.5 Å². The molecule has 0 saturated carbocycles. The minimum atomic E-state index is -1.42. The smallest absolute Gasteiger partial charge is 0.846 e. The van der Waals surface area contributed by atoms with Crippen LogP contribution in [0.5, 0.6) is 0 Å². The number of likely N-dealkylation sites (N-methyl/N-ethyl adjacent to an activating group) is 1. The van der Waals surface area contributed by atoms with Crippen molar-refractivity contribution < 1.29 is 53.8 Å². The largest absolute Gasteiger partial charge is 1.00 e. The number of anilines is 1. The van der Waals surface area contributed by atoms with Gasteiger partial charge in [-0.15, -0.1) is 12.5 Å². The Hall–Kier alpha value is -2.64. The minimum absolute atomic E-state index is 0. The van der Waals surface area contributed by atoms with Crippen molar-refractivity contribution in [3.8, 4) is 11.8 Å². The Morgan fingerprint density at radius 1 is 1.27 bits per heavy atom. The minimum Gasteiger partial charge on any atom is -0.846 e. The summed E-state index contributed by atoms with van der Waals surface area (Å²) >= 11 is 0. The van der Waals surface area contributed by atoms with E-state index in [1.807, 2.05) is 6.92 Å². The number of nitrogens with two attached hydrogens (primary N) is 1. The SMILES string of the molecule is C=CCC1(C(C)C#CCC)C(=O)N=C([O-])N(C)C1=O.CCN(CC)CCOC(=O)c1ccc(N)cc1.[Na+]. The molecule has 1 aromatic carbocycles. The summed E-state index contributed by atoms with van der Waals surface area (Å²) in [5, 5.41) is 11.4. The first-order valence-corrected chi connectivity index (χ1v) is 12.0. The average molecular weight is 521 g/mol. The number of rotatable bonds is 9. The van der Waals surface area contributed by atoms with E-state index in [4.69, 9.17) is 10.5 Å². The molecule has 37 heavy (non-hydrogen) atoms. The van der Waals surface area contributed by atoms with Gasteiger partial charge in [0.1, 0.15) is 12.0 Å². The van der Waals surface area contributed by atoms with Crippen molar-refractivity contribution in [3.63, 3.8) is 0 Å².